The van der Waals surface area contributed by atoms with Crippen LogP contribution in [-0.4, -0.2) is 34.7 Å². The Kier molecular flexibility index (Phi) is 6.83. The average Bonchev–Trinajstić information content (AvgIpc) is 3.46. The summed E-state index contributed by atoms with van der Waals surface area (Å²) < 4.78 is 27.0. The van der Waals surface area contributed by atoms with Gasteiger partial charge in [-0.25, -0.2) is 8.78 Å². The van der Waals surface area contributed by atoms with Crippen molar-refractivity contribution in [3.8, 4) is 0 Å². The number of aromatic nitrogens is 1. The Morgan fingerprint density at radius 1 is 1.20 bits per heavy atom. The molecule has 1 aromatic heterocycles. The lowest BCUT2D eigenvalue weighted by atomic mass is 9.99. The molecule has 1 amide bonds. The second kappa shape index (κ2) is 9.18. The Morgan fingerprint density at radius 2 is 1.87 bits per heavy atom. The van der Waals surface area contributed by atoms with Gasteiger partial charge in [0, 0.05) is 25.7 Å². The molecule has 7 heteroatoms. The Morgan fingerprint density at radius 3 is 2.43 bits per heavy atom. The Labute approximate surface area is 175 Å². The Balaban J connectivity index is 1.69. The molecule has 1 saturated carbocycles. The molecule has 0 aliphatic heterocycles. The first kappa shape index (κ1) is 22.3. The lowest BCUT2D eigenvalue weighted by Gasteiger charge is -2.27. The van der Waals surface area contributed by atoms with E-state index in [1.165, 1.54) is 24.6 Å². The van der Waals surface area contributed by atoms with Gasteiger partial charge in [-0.2, -0.15) is 0 Å². The van der Waals surface area contributed by atoms with Crippen molar-refractivity contribution in [1.29, 1.82) is 0 Å². The number of carbonyl (C=O) groups is 1. The number of halogens is 2. The second-order valence-electron chi connectivity index (χ2n) is 8.45. The van der Waals surface area contributed by atoms with Crippen molar-refractivity contribution in [3.05, 3.63) is 65.0 Å². The van der Waals surface area contributed by atoms with Crippen molar-refractivity contribution in [2.24, 2.45) is 0 Å². The molecule has 1 aliphatic carbocycles. The minimum absolute atomic E-state index is 0.116. The van der Waals surface area contributed by atoms with E-state index in [-0.39, 0.29) is 24.4 Å². The fourth-order valence-electron chi connectivity index (χ4n) is 3.69. The van der Waals surface area contributed by atoms with E-state index in [0.29, 0.717) is 11.5 Å². The second-order valence-corrected chi connectivity index (χ2v) is 8.45. The third-order valence-electron chi connectivity index (χ3n) is 5.57. The molecule has 0 unspecified atom stereocenters. The van der Waals surface area contributed by atoms with E-state index >= 15 is 0 Å². The minimum Gasteiger partial charge on any atom is -0.390 e. The summed E-state index contributed by atoms with van der Waals surface area (Å²) in [4.78, 5) is 16.1. The van der Waals surface area contributed by atoms with Gasteiger partial charge in [0.25, 0.3) is 0 Å². The van der Waals surface area contributed by atoms with Crippen molar-refractivity contribution in [3.63, 3.8) is 0 Å². The number of hydrogen-bond donors (Lipinski definition) is 3. The molecule has 0 spiro atoms. The van der Waals surface area contributed by atoms with Crippen molar-refractivity contribution in [2.75, 3.05) is 6.54 Å². The maximum atomic E-state index is 13.5. The molecular weight excluding hydrogens is 388 g/mol. The van der Waals surface area contributed by atoms with Crippen molar-refractivity contribution in [2.45, 2.75) is 63.6 Å². The summed E-state index contributed by atoms with van der Waals surface area (Å²) in [6.45, 7) is 5.83. The number of hydrogen-bond acceptors (Lipinski definition) is 4. The highest BCUT2D eigenvalue weighted by molar-refractivity contribution is 5.73. The van der Waals surface area contributed by atoms with Crippen LogP contribution in [0.2, 0.25) is 0 Å². The first-order chi connectivity index (χ1) is 14.2. The van der Waals surface area contributed by atoms with Gasteiger partial charge in [0.05, 0.1) is 23.4 Å². The van der Waals surface area contributed by atoms with Gasteiger partial charge in [0.1, 0.15) is 11.6 Å². The quantitative estimate of drug-likeness (QED) is 0.586. The van der Waals surface area contributed by atoms with Gasteiger partial charge in [-0.3, -0.25) is 9.78 Å². The van der Waals surface area contributed by atoms with Crippen LogP contribution in [0.15, 0.2) is 36.5 Å². The predicted molar refractivity (Wildman–Crippen MR) is 111 cm³/mol. The zero-order chi connectivity index (χ0) is 21.9. The lowest BCUT2D eigenvalue weighted by Crippen LogP contribution is -2.49. The molecule has 3 rings (SSSR count). The SMILES string of the molecule is CC(=O)N[C@@H](Cc1cc(F)cc(F)c1)[C@H](O)CNC1(c2cc(C(C)C)ccn2)CC1. The number of amides is 1. The molecule has 2 aromatic rings. The lowest BCUT2D eigenvalue weighted by molar-refractivity contribution is -0.120. The molecule has 1 fully saturated rings. The number of carbonyl (C=O) groups excluding carboxylic acids is 1. The van der Waals surface area contributed by atoms with E-state index in [1.807, 2.05) is 6.07 Å². The van der Waals surface area contributed by atoms with E-state index in [9.17, 15) is 18.7 Å². The molecule has 5 nitrogen and oxygen atoms in total. The van der Waals surface area contributed by atoms with E-state index in [2.05, 4.69) is 35.5 Å². The van der Waals surface area contributed by atoms with Crippen LogP contribution in [0, 0.1) is 11.6 Å². The minimum atomic E-state index is -0.939. The van der Waals surface area contributed by atoms with Gasteiger partial charge in [0.2, 0.25) is 5.91 Å². The Bertz CT molecular complexity index is 880. The zero-order valence-electron chi connectivity index (χ0n) is 17.6. The maximum Gasteiger partial charge on any atom is 0.217 e. The van der Waals surface area contributed by atoms with Crippen LogP contribution in [0.1, 0.15) is 56.4 Å². The summed E-state index contributed by atoms with van der Waals surface area (Å²) in [5.41, 5.74) is 2.25. The summed E-state index contributed by atoms with van der Waals surface area (Å²) in [6, 6.07) is 6.64. The third kappa shape index (κ3) is 5.61. The van der Waals surface area contributed by atoms with Crippen LogP contribution in [-0.2, 0) is 16.8 Å². The van der Waals surface area contributed by atoms with Gasteiger partial charge in [-0.05, 0) is 60.6 Å². The number of aliphatic hydroxyl groups is 1. The number of aliphatic hydroxyl groups excluding tert-OH is 1. The van der Waals surface area contributed by atoms with E-state index in [1.54, 1.807) is 6.20 Å². The zero-order valence-corrected chi connectivity index (χ0v) is 17.6. The largest absolute Gasteiger partial charge is 0.390 e. The molecule has 3 N–H and O–H groups in total. The highest BCUT2D eigenvalue weighted by Crippen LogP contribution is 2.45. The maximum absolute atomic E-state index is 13.5. The number of nitrogens with zero attached hydrogens (tertiary/aromatic N) is 1. The predicted octanol–water partition coefficient (Wildman–Crippen LogP) is 3.17. The smallest absolute Gasteiger partial charge is 0.217 e. The Hall–Kier alpha value is -2.38. The van der Waals surface area contributed by atoms with Gasteiger partial charge in [-0.15, -0.1) is 0 Å². The van der Waals surface area contributed by atoms with E-state index in [0.717, 1.165) is 24.6 Å². The summed E-state index contributed by atoms with van der Waals surface area (Å²) in [5, 5.41) is 16.9. The molecule has 0 saturated heterocycles. The molecule has 2 atom stereocenters. The van der Waals surface area contributed by atoms with Crippen LogP contribution < -0.4 is 10.6 Å². The summed E-state index contributed by atoms with van der Waals surface area (Å²) >= 11 is 0. The normalized spacial score (nSPS) is 16.9. The van der Waals surface area contributed by atoms with Crippen LogP contribution in [0.3, 0.4) is 0 Å². The van der Waals surface area contributed by atoms with Gasteiger partial charge in [-0.1, -0.05) is 13.8 Å². The molecule has 0 radical (unpaired) electrons. The van der Waals surface area contributed by atoms with Gasteiger partial charge < -0.3 is 15.7 Å². The van der Waals surface area contributed by atoms with Crippen LogP contribution in [0.4, 0.5) is 8.78 Å². The molecular formula is C23H29F2N3O2. The first-order valence-corrected chi connectivity index (χ1v) is 10.3. The van der Waals surface area contributed by atoms with Gasteiger partial charge in [0.15, 0.2) is 0 Å². The highest BCUT2D eigenvalue weighted by Gasteiger charge is 2.46. The summed E-state index contributed by atoms with van der Waals surface area (Å²) in [5.74, 6) is -1.30. The number of benzene rings is 1. The molecule has 162 valence electrons. The fourth-order valence-corrected chi connectivity index (χ4v) is 3.69. The molecule has 1 heterocycles. The monoisotopic (exact) mass is 417 g/mol. The molecule has 0 bridgehead atoms. The van der Waals surface area contributed by atoms with Crippen LogP contribution >= 0.6 is 0 Å². The van der Waals surface area contributed by atoms with Crippen molar-refractivity contribution < 1.29 is 18.7 Å². The summed E-state index contributed by atoms with van der Waals surface area (Å²) in [7, 11) is 0. The van der Waals surface area contributed by atoms with Gasteiger partial charge >= 0.3 is 0 Å². The average molecular weight is 418 g/mol. The van der Waals surface area contributed by atoms with Crippen LogP contribution in [0.5, 0.6) is 0 Å². The van der Waals surface area contributed by atoms with E-state index in [4.69, 9.17) is 0 Å². The molecule has 1 aliphatic rings. The highest BCUT2D eigenvalue weighted by atomic mass is 19.1. The molecule has 1 aromatic carbocycles. The van der Waals surface area contributed by atoms with Crippen LogP contribution in [0.25, 0.3) is 0 Å². The summed E-state index contributed by atoms with van der Waals surface area (Å²) in [6.07, 6.45) is 2.81. The third-order valence-corrected chi connectivity index (χ3v) is 5.57. The van der Waals surface area contributed by atoms with Crippen molar-refractivity contribution >= 4 is 5.91 Å². The number of pyridine rings is 1. The topological polar surface area (TPSA) is 74.2 Å². The van der Waals surface area contributed by atoms with E-state index < -0.39 is 23.8 Å². The standard InChI is InChI=1S/C23H29F2N3O2/c1-14(2)17-4-7-26-22(11-17)23(5-6-23)27-13-21(30)20(28-15(3)29)10-16-8-18(24)12-19(25)9-16/h4,7-9,11-12,14,20-21,27,30H,5-6,10,13H2,1-3H3,(H,28,29)/t20-,21+/m0/s1. The molecule has 30 heavy (non-hydrogen) atoms. The number of nitrogens with one attached hydrogen (secondary N) is 2. The van der Waals surface area contributed by atoms with Crippen molar-refractivity contribution in [1.82, 2.24) is 15.6 Å². The fraction of sp³-hybridized carbons (Fsp3) is 0.478. The number of rotatable bonds is 9. The first-order valence-electron chi connectivity index (χ1n) is 10.3.